The summed E-state index contributed by atoms with van der Waals surface area (Å²) in [5.41, 5.74) is 2.97. The van der Waals surface area contributed by atoms with Gasteiger partial charge in [0.05, 0.1) is 6.61 Å². The van der Waals surface area contributed by atoms with Crippen LogP contribution in [0.4, 0.5) is 0 Å². The van der Waals surface area contributed by atoms with Gasteiger partial charge < -0.3 is 9.64 Å². The van der Waals surface area contributed by atoms with Crippen LogP contribution in [0.15, 0.2) is 24.3 Å². The fourth-order valence-corrected chi connectivity index (χ4v) is 3.76. The average molecular weight is 372 g/mol. The fourth-order valence-electron chi connectivity index (χ4n) is 3.76. The molecule has 153 valence electrons. The third-order valence-corrected chi connectivity index (χ3v) is 5.20. The molecule has 1 aliphatic rings. The van der Waals surface area contributed by atoms with Gasteiger partial charge in [-0.05, 0) is 49.1 Å². The van der Waals surface area contributed by atoms with Crippen LogP contribution < -0.4 is 0 Å². The number of hydrogen-bond acceptors (Lipinski definition) is 2. The van der Waals surface area contributed by atoms with Crippen LogP contribution in [0.3, 0.4) is 0 Å². The second-order valence-electron chi connectivity index (χ2n) is 8.48. The van der Waals surface area contributed by atoms with Gasteiger partial charge in [0.25, 0.3) is 0 Å². The molecule has 1 radical (unpaired) electrons. The lowest BCUT2D eigenvalue weighted by atomic mass is 9.55. The van der Waals surface area contributed by atoms with E-state index < -0.39 is 0 Å². The van der Waals surface area contributed by atoms with Crippen molar-refractivity contribution in [1.29, 1.82) is 0 Å². The van der Waals surface area contributed by atoms with Gasteiger partial charge in [0, 0.05) is 13.2 Å². The Morgan fingerprint density at radius 2 is 1.59 bits per heavy atom. The summed E-state index contributed by atoms with van der Waals surface area (Å²) in [5, 5.41) is 0. The molecule has 2 nitrogen and oxygen atoms in total. The van der Waals surface area contributed by atoms with E-state index in [0.29, 0.717) is 17.6 Å². The molecule has 1 aliphatic heterocycles. The Morgan fingerprint density at radius 3 is 2.11 bits per heavy atom. The molecule has 3 heteroatoms. The molecule has 0 aliphatic carbocycles. The summed E-state index contributed by atoms with van der Waals surface area (Å²) in [6.07, 6.45) is 2.55. The molecule has 0 saturated carbocycles. The predicted octanol–water partition coefficient (Wildman–Crippen LogP) is 6.16. The molecule has 1 heterocycles. The fraction of sp³-hybridized carbons (Fsp3) is 0.750. The molecule has 1 saturated heterocycles. The maximum absolute atomic E-state index is 5.73. The Morgan fingerprint density at radius 1 is 1.00 bits per heavy atom. The summed E-state index contributed by atoms with van der Waals surface area (Å²) >= 11 is 0. The second-order valence-corrected chi connectivity index (χ2v) is 8.48. The van der Waals surface area contributed by atoms with Gasteiger partial charge in [-0.1, -0.05) is 84.1 Å². The van der Waals surface area contributed by atoms with E-state index >= 15 is 0 Å². The number of likely N-dealkylation sites (tertiary alicyclic amines) is 1. The Hall–Kier alpha value is -0.795. The zero-order chi connectivity index (χ0) is 20.2. The van der Waals surface area contributed by atoms with Crippen LogP contribution in [-0.2, 0) is 4.74 Å². The summed E-state index contributed by atoms with van der Waals surface area (Å²) in [4.78, 5) is 2.56. The van der Waals surface area contributed by atoms with Crippen molar-refractivity contribution in [2.24, 2.45) is 5.92 Å². The first-order chi connectivity index (χ1) is 13.0. The molecule has 1 unspecified atom stereocenters. The van der Waals surface area contributed by atoms with Crippen molar-refractivity contribution in [3.63, 3.8) is 0 Å². The quantitative estimate of drug-likeness (QED) is 0.380. The first-order valence-electron chi connectivity index (χ1n) is 11.2. The molecule has 0 spiro atoms. The second kappa shape index (κ2) is 13.4. The molecule has 1 atom stereocenters. The van der Waals surface area contributed by atoms with Crippen molar-refractivity contribution in [1.82, 2.24) is 4.90 Å². The van der Waals surface area contributed by atoms with Crippen LogP contribution in [-0.4, -0.2) is 45.0 Å². The summed E-state index contributed by atoms with van der Waals surface area (Å²) < 4.78 is 5.73. The SMILES string of the molecule is CC.CC(C)[B]C(C)c1ccc(C2CCN(CCOCC(C)C)CC2)cc1. The van der Waals surface area contributed by atoms with E-state index in [-0.39, 0.29) is 0 Å². The number of hydrogen-bond donors (Lipinski definition) is 0. The van der Waals surface area contributed by atoms with Crippen LogP contribution >= 0.6 is 0 Å². The van der Waals surface area contributed by atoms with Crippen LogP contribution in [0.1, 0.15) is 84.2 Å². The summed E-state index contributed by atoms with van der Waals surface area (Å²) in [6, 6.07) is 9.41. The third-order valence-electron chi connectivity index (χ3n) is 5.20. The molecule has 0 amide bonds. The average Bonchev–Trinajstić information content (AvgIpc) is 2.67. The monoisotopic (exact) mass is 372 g/mol. The molecule has 2 rings (SSSR count). The molecule has 0 bridgehead atoms. The van der Waals surface area contributed by atoms with Gasteiger partial charge in [-0.2, -0.15) is 0 Å². The van der Waals surface area contributed by atoms with Gasteiger partial charge in [0.2, 0.25) is 0 Å². The van der Waals surface area contributed by atoms with E-state index in [1.807, 2.05) is 13.8 Å². The minimum absolute atomic E-state index is 0.543. The lowest BCUT2D eigenvalue weighted by molar-refractivity contribution is 0.0780. The standard InChI is InChI=1S/C22H37BNO.C2H6/c1-17(2)16-25-15-14-24-12-10-22(11-13-24)21-8-6-20(7-9-21)19(5)23-18(3)4;1-2/h6-9,17-19,22H,10-16H2,1-5H3;1-2H3. The van der Waals surface area contributed by atoms with Crippen molar-refractivity contribution >= 4 is 7.28 Å². The third kappa shape index (κ3) is 9.30. The minimum atomic E-state index is 0.543. The van der Waals surface area contributed by atoms with Crippen molar-refractivity contribution in [2.45, 2.75) is 78.9 Å². The van der Waals surface area contributed by atoms with Crippen LogP contribution in [0.5, 0.6) is 0 Å². The Labute approximate surface area is 170 Å². The van der Waals surface area contributed by atoms with E-state index in [4.69, 9.17) is 4.74 Å². The molecule has 0 N–H and O–H groups in total. The molecule has 1 aromatic carbocycles. The Balaban J connectivity index is 0.00000176. The normalized spacial score (nSPS) is 16.9. The lowest BCUT2D eigenvalue weighted by Crippen LogP contribution is -2.35. The molecule has 0 aromatic heterocycles. The Bertz CT molecular complexity index is 478. The molecule has 1 fully saturated rings. The smallest absolute Gasteiger partial charge is 0.122 e. The highest BCUT2D eigenvalue weighted by atomic mass is 16.5. The Kier molecular flexibility index (Phi) is 12.0. The van der Waals surface area contributed by atoms with Gasteiger partial charge in [0.15, 0.2) is 0 Å². The highest BCUT2D eigenvalue weighted by Gasteiger charge is 2.20. The van der Waals surface area contributed by atoms with E-state index in [1.165, 1.54) is 37.1 Å². The van der Waals surface area contributed by atoms with Gasteiger partial charge in [-0.15, -0.1) is 0 Å². The minimum Gasteiger partial charge on any atom is -0.380 e. The number of benzene rings is 1. The van der Waals surface area contributed by atoms with E-state index in [1.54, 1.807) is 0 Å². The highest BCUT2D eigenvalue weighted by Crippen LogP contribution is 2.29. The summed E-state index contributed by atoms with van der Waals surface area (Å²) in [5.74, 6) is 2.55. The van der Waals surface area contributed by atoms with Crippen molar-refractivity contribution in [3.05, 3.63) is 35.4 Å². The topological polar surface area (TPSA) is 12.5 Å². The predicted molar refractivity (Wildman–Crippen MR) is 121 cm³/mol. The molecular formula is C24H43BNO. The number of nitrogens with zero attached hydrogens (tertiary/aromatic N) is 1. The number of rotatable bonds is 9. The molecular weight excluding hydrogens is 329 g/mol. The first kappa shape index (κ1) is 24.2. The van der Waals surface area contributed by atoms with Crippen LogP contribution in [0, 0.1) is 5.92 Å². The molecule has 1 aromatic rings. The van der Waals surface area contributed by atoms with E-state index in [2.05, 4.69) is 71.1 Å². The first-order valence-corrected chi connectivity index (χ1v) is 11.2. The van der Waals surface area contributed by atoms with Crippen molar-refractivity contribution in [2.75, 3.05) is 32.8 Å². The van der Waals surface area contributed by atoms with Gasteiger partial charge in [0.1, 0.15) is 7.28 Å². The van der Waals surface area contributed by atoms with Crippen LogP contribution in [0.25, 0.3) is 0 Å². The van der Waals surface area contributed by atoms with Crippen molar-refractivity contribution in [3.8, 4) is 0 Å². The van der Waals surface area contributed by atoms with Crippen molar-refractivity contribution < 1.29 is 4.74 Å². The zero-order valence-electron chi connectivity index (χ0n) is 19.0. The van der Waals surface area contributed by atoms with Gasteiger partial charge >= 0.3 is 0 Å². The highest BCUT2D eigenvalue weighted by molar-refractivity contribution is 6.39. The number of piperidine rings is 1. The molecule has 27 heavy (non-hydrogen) atoms. The summed E-state index contributed by atoms with van der Waals surface area (Å²) in [7, 11) is 2.43. The van der Waals surface area contributed by atoms with E-state index in [0.717, 1.165) is 25.7 Å². The van der Waals surface area contributed by atoms with Crippen LogP contribution in [0.2, 0.25) is 5.82 Å². The van der Waals surface area contributed by atoms with Gasteiger partial charge in [-0.25, -0.2) is 0 Å². The maximum atomic E-state index is 5.73. The zero-order valence-corrected chi connectivity index (χ0v) is 19.0. The van der Waals surface area contributed by atoms with Gasteiger partial charge in [-0.3, -0.25) is 0 Å². The number of ether oxygens (including phenoxy) is 1. The lowest BCUT2D eigenvalue weighted by Gasteiger charge is -2.32. The maximum Gasteiger partial charge on any atom is 0.122 e. The summed E-state index contributed by atoms with van der Waals surface area (Å²) in [6.45, 7) is 20.5. The van der Waals surface area contributed by atoms with E-state index in [9.17, 15) is 0 Å². The largest absolute Gasteiger partial charge is 0.380 e.